The number of pyridine rings is 2. The summed E-state index contributed by atoms with van der Waals surface area (Å²) in [4.78, 5) is 22.1. The predicted molar refractivity (Wildman–Crippen MR) is 75.4 cm³/mol. The average molecular weight is 256 g/mol. The van der Waals surface area contributed by atoms with Gasteiger partial charge in [0.05, 0.1) is 29.3 Å². The molecule has 0 aliphatic heterocycles. The number of aromatic nitrogens is 2. The van der Waals surface area contributed by atoms with Crippen molar-refractivity contribution in [3.05, 3.63) is 48.5 Å². The summed E-state index contributed by atoms with van der Waals surface area (Å²) in [5, 5.41) is 3.14. The van der Waals surface area contributed by atoms with Crippen molar-refractivity contribution in [3.8, 4) is 0 Å². The maximum Gasteiger partial charge on any atom is 0.260 e. The lowest BCUT2D eigenvalue weighted by molar-refractivity contribution is 0.0993. The molecule has 0 fully saturated rings. The largest absolute Gasteiger partial charge is 0.383 e. The minimum atomic E-state index is -0.0913. The molecule has 0 aromatic carbocycles. The van der Waals surface area contributed by atoms with Crippen molar-refractivity contribution in [1.29, 1.82) is 0 Å². The van der Waals surface area contributed by atoms with Crippen molar-refractivity contribution in [2.24, 2.45) is 0 Å². The molecule has 0 saturated heterocycles. The predicted octanol–water partition coefficient (Wildman–Crippen LogP) is 2.18. The smallest absolute Gasteiger partial charge is 0.260 e. The SMILES string of the molecule is CCNc1cnccc1C(=O)N(C)c1cccnc1. The molecule has 0 saturated carbocycles. The average Bonchev–Trinajstić information content (AvgIpc) is 2.47. The number of rotatable bonds is 4. The van der Waals surface area contributed by atoms with E-state index in [-0.39, 0.29) is 5.91 Å². The molecule has 0 atom stereocenters. The summed E-state index contributed by atoms with van der Waals surface area (Å²) in [5.74, 6) is -0.0913. The van der Waals surface area contributed by atoms with Crippen LogP contribution >= 0.6 is 0 Å². The molecular formula is C14H16N4O. The molecule has 0 radical (unpaired) electrons. The molecule has 1 amide bonds. The van der Waals surface area contributed by atoms with E-state index in [1.807, 2.05) is 13.0 Å². The Kier molecular flexibility index (Phi) is 4.07. The highest BCUT2D eigenvalue weighted by atomic mass is 16.2. The van der Waals surface area contributed by atoms with Gasteiger partial charge in [-0.25, -0.2) is 0 Å². The van der Waals surface area contributed by atoms with Gasteiger partial charge in [-0.2, -0.15) is 0 Å². The molecule has 5 nitrogen and oxygen atoms in total. The van der Waals surface area contributed by atoms with E-state index in [1.54, 1.807) is 48.9 Å². The Balaban J connectivity index is 2.29. The van der Waals surface area contributed by atoms with Crippen molar-refractivity contribution < 1.29 is 4.79 Å². The van der Waals surface area contributed by atoms with Gasteiger partial charge in [0, 0.05) is 26.0 Å². The van der Waals surface area contributed by atoms with Gasteiger partial charge in [-0.1, -0.05) is 0 Å². The Morgan fingerprint density at radius 2 is 2.05 bits per heavy atom. The normalized spacial score (nSPS) is 10.0. The highest BCUT2D eigenvalue weighted by molar-refractivity contribution is 6.09. The number of carbonyl (C=O) groups excluding carboxylic acids is 1. The third kappa shape index (κ3) is 2.88. The maximum atomic E-state index is 12.5. The Labute approximate surface area is 112 Å². The molecule has 2 rings (SSSR count). The van der Waals surface area contributed by atoms with Crippen LogP contribution < -0.4 is 10.2 Å². The van der Waals surface area contributed by atoms with Crippen LogP contribution in [0.4, 0.5) is 11.4 Å². The molecule has 5 heteroatoms. The topological polar surface area (TPSA) is 58.1 Å². The van der Waals surface area contributed by atoms with Crippen LogP contribution in [0.25, 0.3) is 0 Å². The van der Waals surface area contributed by atoms with Crippen LogP contribution in [-0.2, 0) is 0 Å². The Hall–Kier alpha value is -2.43. The van der Waals surface area contributed by atoms with Crippen molar-refractivity contribution >= 4 is 17.3 Å². The maximum absolute atomic E-state index is 12.5. The third-order valence-corrected chi connectivity index (χ3v) is 2.76. The molecule has 0 spiro atoms. The zero-order chi connectivity index (χ0) is 13.7. The lowest BCUT2D eigenvalue weighted by Gasteiger charge is -2.18. The van der Waals surface area contributed by atoms with Gasteiger partial charge in [0.2, 0.25) is 0 Å². The first kappa shape index (κ1) is 13.0. The van der Waals surface area contributed by atoms with Gasteiger partial charge in [-0.05, 0) is 25.1 Å². The van der Waals surface area contributed by atoms with E-state index in [2.05, 4.69) is 15.3 Å². The quantitative estimate of drug-likeness (QED) is 0.911. The fraction of sp³-hybridized carbons (Fsp3) is 0.214. The Bertz CT molecular complexity index is 556. The summed E-state index contributed by atoms with van der Waals surface area (Å²) in [6.07, 6.45) is 6.61. The monoisotopic (exact) mass is 256 g/mol. The molecule has 0 unspecified atom stereocenters. The third-order valence-electron chi connectivity index (χ3n) is 2.76. The number of amides is 1. The molecule has 98 valence electrons. The van der Waals surface area contributed by atoms with E-state index in [0.29, 0.717) is 5.56 Å². The van der Waals surface area contributed by atoms with Crippen molar-refractivity contribution in [2.75, 3.05) is 23.8 Å². The lowest BCUT2D eigenvalue weighted by Crippen LogP contribution is -2.27. The Morgan fingerprint density at radius 3 is 2.74 bits per heavy atom. The van der Waals surface area contributed by atoms with Crippen LogP contribution in [0.15, 0.2) is 43.0 Å². The van der Waals surface area contributed by atoms with Gasteiger partial charge in [0.15, 0.2) is 0 Å². The van der Waals surface area contributed by atoms with E-state index in [0.717, 1.165) is 17.9 Å². The number of anilines is 2. The number of carbonyl (C=O) groups is 1. The van der Waals surface area contributed by atoms with Gasteiger partial charge in [0.25, 0.3) is 5.91 Å². The van der Waals surface area contributed by atoms with Crippen LogP contribution in [-0.4, -0.2) is 29.5 Å². The van der Waals surface area contributed by atoms with Gasteiger partial charge in [-0.15, -0.1) is 0 Å². The van der Waals surface area contributed by atoms with Gasteiger partial charge >= 0.3 is 0 Å². The number of nitrogens with zero attached hydrogens (tertiary/aromatic N) is 3. The zero-order valence-corrected chi connectivity index (χ0v) is 11.0. The Morgan fingerprint density at radius 1 is 1.26 bits per heavy atom. The second kappa shape index (κ2) is 5.95. The number of hydrogen-bond acceptors (Lipinski definition) is 4. The van der Waals surface area contributed by atoms with Crippen molar-refractivity contribution in [2.45, 2.75) is 6.92 Å². The van der Waals surface area contributed by atoms with E-state index >= 15 is 0 Å². The van der Waals surface area contributed by atoms with Crippen LogP contribution in [0, 0.1) is 0 Å². The summed E-state index contributed by atoms with van der Waals surface area (Å²) >= 11 is 0. The second-order valence-corrected chi connectivity index (χ2v) is 4.03. The van der Waals surface area contributed by atoms with Crippen molar-refractivity contribution in [3.63, 3.8) is 0 Å². The minimum Gasteiger partial charge on any atom is -0.383 e. The molecule has 0 aliphatic carbocycles. The molecule has 19 heavy (non-hydrogen) atoms. The van der Waals surface area contributed by atoms with Gasteiger partial charge in [0.1, 0.15) is 0 Å². The van der Waals surface area contributed by atoms with E-state index < -0.39 is 0 Å². The van der Waals surface area contributed by atoms with Crippen LogP contribution in [0.1, 0.15) is 17.3 Å². The molecule has 2 aromatic heterocycles. The first-order valence-electron chi connectivity index (χ1n) is 6.10. The summed E-state index contributed by atoms with van der Waals surface area (Å²) < 4.78 is 0. The molecule has 0 aliphatic rings. The van der Waals surface area contributed by atoms with Crippen LogP contribution in [0.3, 0.4) is 0 Å². The van der Waals surface area contributed by atoms with E-state index in [9.17, 15) is 4.79 Å². The van der Waals surface area contributed by atoms with Gasteiger partial charge in [-0.3, -0.25) is 14.8 Å². The minimum absolute atomic E-state index is 0.0913. The first-order valence-corrected chi connectivity index (χ1v) is 6.10. The van der Waals surface area contributed by atoms with E-state index in [1.165, 1.54) is 0 Å². The molecular weight excluding hydrogens is 240 g/mol. The summed E-state index contributed by atoms with van der Waals surface area (Å²) in [6, 6.07) is 5.36. The van der Waals surface area contributed by atoms with Crippen LogP contribution in [0.2, 0.25) is 0 Å². The summed E-state index contributed by atoms with van der Waals surface area (Å²) in [6.45, 7) is 2.72. The molecule has 1 N–H and O–H groups in total. The first-order chi connectivity index (χ1) is 9.24. The lowest BCUT2D eigenvalue weighted by atomic mass is 10.2. The fourth-order valence-electron chi connectivity index (χ4n) is 1.76. The fourth-order valence-corrected chi connectivity index (χ4v) is 1.76. The van der Waals surface area contributed by atoms with E-state index in [4.69, 9.17) is 0 Å². The number of nitrogens with one attached hydrogen (secondary N) is 1. The molecule has 0 bridgehead atoms. The highest BCUT2D eigenvalue weighted by Gasteiger charge is 2.16. The second-order valence-electron chi connectivity index (χ2n) is 4.03. The summed E-state index contributed by atoms with van der Waals surface area (Å²) in [7, 11) is 1.73. The van der Waals surface area contributed by atoms with Gasteiger partial charge < -0.3 is 10.2 Å². The summed E-state index contributed by atoms with van der Waals surface area (Å²) in [5.41, 5.74) is 2.10. The highest BCUT2D eigenvalue weighted by Crippen LogP contribution is 2.19. The zero-order valence-electron chi connectivity index (χ0n) is 11.0. The van der Waals surface area contributed by atoms with Crippen molar-refractivity contribution in [1.82, 2.24) is 9.97 Å². The number of hydrogen-bond donors (Lipinski definition) is 1. The van der Waals surface area contributed by atoms with Crippen LogP contribution in [0.5, 0.6) is 0 Å². The molecule has 2 aromatic rings. The molecule has 2 heterocycles. The standard InChI is InChI=1S/C14H16N4O/c1-3-17-13-10-16-8-6-12(13)14(19)18(2)11-5-4-7-15-9-11/h4-10,17H,3H2,1-2H3.